The maximum Gasteiger partial charge on any atom is 0.414 e. The Morgan fingerprint density at radius 1 is 1.22 bits per heavy atom. The molecule has 18 heavy (non-hydrogen) atoms. The van der Waals surface area contributed by atoms with Crippen LogP contribution in [-0.2, 0) is 11.2 Å². The van der Waals surface area contributed by atoms with E-state index in [1.807, 2.05) is 6.07 Å². The SMILES string of the molecule is COC(=O)N1CCc2cc(N3CCCC3)ccc21. The smallest absolute Gasteiger partial charge is 0.414 e. The van der Waals surface area contributed by atoms with Gasteiger partial charge in [0.2, 0.25) is 0 Å². The van der Waals surface area contributed by atoms with Gasteiger partial charge in [-0.2, -0.15) is 0 Å². The number of rotatable bonds is 1. The summed E-state index contributed by atoms with van der Waals surface area (Å²) in [6, 6.07) is 6.39. The number of hydrogen-bond acceptors (Lipinski definition) is 3. The fourth-order valence-electron chi connectivity index (χ4n) is 2.86. The molecule has 2 aliphatic heterocycles. The molecule has 1 aromatic carbocycles. The topological polar surface area (TPSA) is 32.8 Å². The van der Waals surface area contributed by atoms with Gasteiger partial charge < -0.3 is 9.64 Å². The van der Waals surface area contributed by atoms with Crippen LogP contribution < -0.4 is 9.80 Å². The number of carbonyl (C=O) groups excluding carboxylic acids is 1. The Balaban J connectivity index is 1.86. The molecule has 0 atom stereocenters. The van der Waals surface area contributed by atoms with Crippen LogP contribution in [0.15, 0.2) is 18.2 Å². The van der Waals surface area contributed by atoms with E-state index in [9.17, 15) is 4.79 Å². The number of fused-ring (bicyclic) bond motifs is 1. The molecule has 3 rings (SSSR count). The van der Waals surface area contributed by atoms with Crippen LogP contribution in [0, 0.1) is 0 Å². The lowest BCUT2D eigenvalue weighted by molar-refractivity contribution is 0.179. The van der Waals surface area contributed by atoms with E-state index in [0.29, 0.717) is 0 Å². The molecule has 0 N–H and O–H groups in total. The number of hydrogen-bond donors (Lipinski definition) is 0. The van der Waals surface area contributed by atoms with Crippen LogP contribution in [0.2, 0.25) is 0 Å². The summed E-state index contributed by atoms with van der Waals surface area (Å²) in [5, 5.41) is 0. The first-order valence-corrected chi connectivity index (χ1v) is 6.53. The number of amides is 1. The quantitative estimate of drug-likeness (QED) is 0.763. The van der Waals surface area contributed by atoms with E-state index in [0.717, 1.165) is 31.7 Å². The minimum Gasteiger partial charge on any atom is -0.452 e. The third-order valence-electron chi connectivity index (χ3n) is 3.82. The highest BCUT2D eigenvalue weighted by Gasteiger charge is 2.26. The average Bonchev–Trinajstić information content (AvgIpc) is 3.06. The van der Waals surface area contributed by atoms with Crippen LogP contribution in [-0.4, -0.2) is 32.8 Å². The van der Waals surface area contributed by atoms with Crippen molar-refractivity contribution >= 4 is 17.5 Å². The van der Waals surface area contributed by atoms with Gasteiger partial charge in [0.05, 0.1) is 12.8 Å². The zero-order valence-corrected chi connectivity index (χ0v) is 10.7. The lowest BCUT2D eigenvalue weighted by atomic mass is 10.1. The fourth-order valence-corrected chi connectivity index (χ4v) is 2.86. The van der Waals surface area contributed by atoms with E-state index in [4.69, 9.17) is 4.74 Å². The first-order valence-electron chi connectivity index (χ1n) is 6.53. The number of benzene rings is 1. The standard InChI is InChI=1S/C14H18N2O2/c1-18-14(17)16-9-6-11-10-12(4-5-13(11)16)15-7-2-3-8-15/h4-5,10H,2-3,6-9H2,1H3. The highest BCUT2D eigenvalue weighted by molar-refractivity contribution is 5.90. The molecule has 0 aliphatic carbocycles. The highest BCUT2D eigenvalue weighted by Crippen LogP contribution is 2.33. The van der Waals surface area contributed by atoms with Crippen molar-refractivity contribution in [1.82, 2.24) is 0 Å². The fraction of sp³-hybridized carbons (Fsp3) is 0.500. The minimum atomic E-state index is -0.261. The lowest BCUT2D eigenvalue weighted by Gasteiger charge is -2.20. The van der Waals surface area contributed by atoms with Crippen LogP contribution in [0.5, 0.6) is 0 Å². The van der Waals surface area contributed by atoms with E-state index in [2.05, 4.69) is 17.0 Å². The Morgan fingerprint density at radius 3 is 2.72 bits per heavy atom. The van der Waals surface area contributed by atoms with Gasteiger partial charge in [-0.3, -0.25) is 4.90 Å². The average molecular weight is 246 g/mol. The number of ether oxygens (including phenoxy) is 1. The van der Waals surface area contributed by atoms with Crippen LogP contribution >= 0.6 is 0 Å². The third kappa shape index (κ3) is 1.82. The van der Waals surface area contributed by atoms with E-state index in [1.165, 1.54) is 31.2 Å². The molecule has 0 spiro atoms. The van der Waals surface area contributed by atoms with Gasteiger partial charge in [-0.1, -0.05) is 0 Å². The van der Waals surface area contributed by atoms with Crippen LogP contribution in [0.25, 0.3) is 0 Å². The van der Waals surface area contributed by atoms with Gasteiger partial charge in [0.15, 0.2) is 0 Å². The predicted octanol–water partition coefficient (Wildman–Crippen LogP) is 2.42. The Bertz CT molecular complexity index is 467. The molecule has 4 heteroatoms. The molecule has 1 aromatic rings. The van der Waals surface area contributed by atoms with Gasteiger partial charge >= 0.3 is 6.09 Å². The van der Waals surface area contributed by atoms with Crippen molar-refractivity contribution in [1.29, 1.82) is 0 Å². The summed E-state index contributed by atoms with van der Waals surface area (Å²) in [4.78, 5) is 15.7. The van der Waals surface area contributed by atoms with Crippen LogP contribution in [0.3, 0.4) is 0 Å². The minimum absolute atomic E-state index is 0.261. The van der Waals surface area contributed by atoms with Crippen molar-refractivity contribution in [3.05, 3.63) is 23.8 Å². The van der Waals surface area contributed by atoms with Crippen LogP contribution in [0.4, 0.5) is 16.2 Å². The maximum atomic E-state index is 11.6. The largest absolute Gasteiger partial charge is 0.452 e. The molecule has 0 saturated carbocycles. The summed E-state index contributed by atoms with van der Waals surface area (Å²) in [7, 11) is 1.43. The zero-order valence-electron chi connectivity index (χ0n) is 10.7. The van der Waals surface area contributed by atoms with Gasteiger partial charge in [-0.25, -0.2) is 4.79 Å². The molecule has 2 aliphatic rings. The molecule has 0 bridgehead atoms. The van der Waals surface area contributed by atoms with Crippen molar-refractivity contribution in [2.24, 2.45) is 0 Å². The van der Waals surface area contributed by atoms with Gasteiger partial charge in [-0.05, 0) is 43.0 Å². The summed E-state index contributed by atoms with van der Waals surface area (Å²) < 4.78 is 4.80. The maximum absolute atomic E-state index is 11.6. The molecule has 1 fully saturated rings. The van der Waals surface area contributed by atoms with E-state index in [1.54, 1.807) is 4.90 Å². The molecular formula is C14H18N2O2. The Labute approximate surface area is 107 Å². The molecule has 96 valence electrons. The second kappa shape index (κ2) is 4.52. The van der Waals surface area contributed by atoms with Gasteiger partial charge in [-0.15, -0.1) is 0 Å². The predicted molar refractivity (Wildman–Crippen MR) is 71.3 cm³/mol. The molecular weight excluding hydrogens is 228 g/mol. The van der Waals surface area contributed by atoms with Gasteiger partial charge in [0.1, 0.15) is 0 Å². The summed E-state index contributed by atoms with van der Waals surface area (Å²) in [6.45, 7) is 3.03. The van der Waals surface area contributed by atoms with E-state index < -0.39 is 0 Å². The number of nitrogens with zero attached hydrogens (tertiary/aromatic N) is 2. The summed E-state index contributed by atoms with van der Waals surface area (Å²) in [5.41, 5.74) is 3.55. The monoisotopic (exact) mass is 246 g/mol. The number of anilines is 2. The Hall–Kier alpha value is -1.71. The Kier molecular flexibility index (Phi) is 2.86. The zero-order chi connectivity index (χ0) is 12.5. The van der Waals surface area contributed by atoms with Gasteiger partial charge in [0, 0.05) is 25.3 Å². The first-order chi connectivity index (χ1) is 8.79. The van der Waals surface area contributed by atoms with Crippen molar-refractivity contribution in [2.75, 3.05) is 36.5 Å². The molecule has 4 nitrogen and oxygen atoms in total. The van der Waals surface area contributed by atoms with Crippen molar-refractivity contribution in [2.45, 2.75) is 19.3 Å². The number of carbonyl (C=O) groups is 1. The summed E-state index contributed by atoms with van der Waals surface area (Å²) >= 11 is 0. The molecule has 2 heterocycles. The number of methoxy groups -OCH3 is 1. The highest BCUT2D eigenvalue weighted by atomic mass is 16.5. The van der Waals surface area contributed by atoms with Crippen molar-refractivity contribution in [3.8, 4) is 0 Å². The van der Waals surface area contributed by atoms with E-state index >= 15 is 0 Å². The molecule has 0 radical (unpaired) electrons. The van der Waals surface area contributed by atoms with Crippen molar-refractivity contribution in [3.63, 3.8) is 0 Å². The van der Waals surface area contributed by atoms with Crippen molar-refractivity contribution < 1.29 is 9.53 Å². The molecule has 0 unspecified atom stereocenters. The summed E-state index contributed by atoms with van der Waals surface area (Å²) in [5.74, 6) is 0. The molecule has 0 aromatic heterocycles. The van der Waals surface area contributed by atoms with Gasteiger partial charge in [0.25, 0.3) is 0 Å². The molecule has 1 amide bonds. The summed E-state index contributed by atoms with van der Waals surface area (Å²) in [6.07, 6.45) is 3.23. The molecule has 1 saturated heterocycles. The first kappa shape index (κ1) is 11.4. The lowest BCUT2D eigenvalue weighted by Crippen LogP contribution is -2.28. The second-order valence-corrected chi connectivity index (χ2v) is 4.88. The van der Waals surface area contributed by atoms with Crippen LogP contribution in [0.1, 0.15) is 18.4 Å². The second-order valence-electron chi connectivity index (χ2n) is 4.88. The van der Waals surface area contributed by atoms with E-state index in [-0.39, 0.29) is 6.09 Å². The Morgan fingerprint density at radius 2 is 2.00 bits per heavy atom. The third-order valence-corrected chi connectivity index (χ3v) is 3.82. The normalized spacial score (nSPS) is 18.1.